The lowest BCUT2D eigenvalue weighted by Crippen LogP contribution is -2.15. The average Bonchev–Trinajstić information content (AvgIpc) is 2.90. The number of nitro benzene ring substituents is 1. The zero-order chi connectivity index (χ0) is 17.0. The molecule has 8 nitrogen and oxygen atoms in total. The molecule has 0 fully saturated rings. The number of benzene rings is 1. The van der Waals surface area contributed by atoms with Gasteiger partial charge in [-0.25, -0.2) is 0 Å². The van der Waals surface area contributed by atoms with Gasteiger partial charge in [-0.05, 0) is 41.9 Å². The van der Waals surface area contributed by atoms with Gasteiger partial charge in [-0.1, -0.05) is 0 Å². The van der Waals surface area contributed by atoms with Gasteiger partial charge in [0, 0.05) is 12.7 Å². The molecule has 1 aromatic carbocycles. The van der Waals surface area contributed by atoms with E-state index < -0.39 is 10.8 Å². The third kappa shape index (κ3) is 3.86. The third-order valence-electron chi connectivity index (χ3n) is 2.98. The van der Waals surface area contributed by atoms with Crippen LogP contribution in [-0.4, -0.2) is 27.2 Å². The maximum Gasteiger partial charge on any atom is 0.296 e. The van der Waals surface area contributed by atoms with Gasteiger partial charge in [0.15, 0.2) is 5.69 Å². The molecule has 0 unspecified atom stereocenters. The second-order valence-corrected chi connectivity index (χ2v) is 5.36. The van der Waals surface area contributed by atoms with E-state index in [9.17, 15) is 14.9 Å². The van der Waals surface area contributed by atoms with E-state index in [4.69, 9.17) is 4.74 Å². The van der Waals surface area contributed by atoms with Gasteiger partial charge in [0.05, 0.1) is 22.1 Å². The summed E-state index contributed by atoms with van der Waals surface area (Å²) in [7, 11) is 0. The second kappa shape index (κ2) is 7.23. The average molecular weight is 383 g/mol. The Kier molecular flexibility index (Phi) is 5.32. The molecule has 0 saturated carbocycles. The fraction of sp³-hybridized carbons (Fsp3) is 0.286. The Morgan fingerprint density at radius 2 is 2.22 bits per heavy atom. The first-order valence-electron chi connectivity index (χ1n) is 6.91. The lowest BCUT2D eigenvalue weighted by molar-refractivity contribution is -0.384. The van der Waals surface area contributed by atoms with E-state index in [0.29, 0.717) is 23.4 Å². The Balaban J connectivity index is 2.29. The smallest absolute Gasteiger partial charge is 0.296 e. The summed E-state index contributed by atoms with van der Waals surface area (Å²) in [6.45, 7) is 4.67. The number of anilines is 1. The number of nitrogens with one attached hydrogen (secondary N) is 1. The lowest BCUT2D eigenvalue weighted by atomic mass is 10.2. The summed E-state index contributed by atoms with van der Waals surface area (Å²) in [5.74, 6) is -0.162. The molecule has 1 heterocycles. The van der Waals surface area contributed by atoms with Crippen LogP contribution in [0.15, 0.2) is 28.9 Å². The number of ether oxygens (including phenoxy) is 1. The van der Waals surface area contributed by atoms with Crippen molar-refractivity contribution in [1.82, 2.24) is 9.78 Å². The number of carbonyl (C=O) groups excluding carboxylic acids is 1. The quantitative estimate of drug-likeness (QED) is 0.610. The highest BCUT2D eigenvalue weighted by Gasteiger charge is 2.21. The molecule has 0 bridgehead atoms. The van der Waals surface area contributed by atoms with E-state index in [1.807, 2.05) is 6.92 Å². The molecular weight excluding hydrogens is 368 g/mol. The number of amides is 1. The van der Waals surface area contributed by atoms with Crippen LogP contribution >= 0.6 is 15.9 Å². The number of hydrogen-bond acceptors (Lipinski definition) is 5. The Morgan fingerprint density at radius 1 is 1.48 bits per heavy atom. The molecule has 0 aliphatic heterocycles. The maximum absolute atomic E-state index is 12.3. The van der Waals surface area contributed by atoms with Crippen molar-refractivity contribution in [1.29, 1.82) is 0 Å². The van der Waals surface area contributed by atoms with Crippen LogP contribution in [0.4, 0.5) is 11.4 Å². The first kappa shape index (κ1) is 16.9. The van der Waals surface area contributed by atoms with Crippen LogP contribution < -0.4 is 10.1 Å². The monoisotopic (exact) mass is 382 g/mol. The molecule has 0 aliphatic rings. The van der Waals surface area contributed by atoms with Crippen LogP contribution in [0.5, 0.6) is 5.75 Å². The largest absolute Gasteiger partial charge is 0.494 e. The molecule has 1 amide bonds. The Hall–Kier alpha value is -2.42. The summed E-state index contributed by atoms with van der Waals surface area (Å²) >= 11 is 3.25. The minimum atomic E-state index is -0.572. The molecule has 0 spiro atoms. The maximum atomic E-state index is 12.3. The molecular formula is C14H15BrN4O4. The van der Waals surface area contributed by atoms with Crippen molar-refractivity contribution in [2.45, 2.75) is 20.4 Å². The second-order valence-electron chi connectivity index (χ2n) is 4.50. The molecule has 1 aromatic heterocycles. The summed E-state index contributed by atoms with van der Waals surface area (Å²) in [5.41, 5.74) is 0.00628. The molecule has 0 aliphatic carbocycles. The zero-order valence-corrected chi connectivity index (χ0v) is 14.2. The van der Waals surface area contributed by atoms with Crippen molar-refractivity contribution < 1.29 is 14.5 Å². The van der Waals surface area contributed by atoms with Crippen LogP contribution in [-0.2, 0) is 6.54 Å². The number of nitro groups is 1. The highest BCUT2D eigenvalue weighted by atomic mass is 79.9. The molecule has 0 atom stereocenters. The van der Waals surface area contributed by atoms with Gasteiger partial charge in [0.2, 0.25) is 0 Å². The Labute approximate surface area is 140 Å². The van der Waals surface area contributed by atoms with E-state index in [1.165, 1.54) is 12.1 Å². The number of halogens is 1. The van der Waals surface area contributed by atoms with E-state index in [0.717, 1.165) is 0 Å². The number of hydrogen-bond donors (Lipinski definition) is 1. The standard InChI is InChI=1S/C14H15BrN4O4/c1-3-18-8-10(15)13(17-18)14(20)16-11-6-5-9(23-4-2)7-12(11)19(21)22/h5-8H,3-4H2,1-2H3,(H,16,20). The number of rotatable bonds is 6. The van der Waals surface area contributed by atoms with Gasteiger partial charge in [-0.15, -0.1) is 0 Å². The molecule has 1 N–H and O–H groups in total. The van der Waals surface area contributed by atoms with Crippen molar-refractivity contribution in [3.63, 3.8) is 0 Å². The van der Waals surface area contributed by atoms with Crippen molar-refractivity contribution in [2.24, 2.45) is 0 Å². The lowest BCUT2D eigenvalue weighted by Gasteiger charge is -2.07. The molecule has 2 aromatic rings. The van der Waals surface area contributed by atoms with Crippen LogP contribution in [0.3, 0.4) is 0 Å². The molecule has 122 valence electrons. The van der Waals surface area contributed by atoms with Gasteiger partial charge in [-0.2, -0.15) is 5.10 Å². The molecule has 2 rings (SSSR count). The number of aromatic nitrogens is 2. The molecule has 23 heavy (non-hydrogen) atoms. The Bertz CT molecular complexity index is 744. The first-order chi connectivity index (χ1) is 11.0. The molecule has 9 heteroatoms. The minimum absolute atomic E-state index is 0.0846. The van der Waals surface area contributed by atoms with E-state index in [2.05, 4.69) is 26.3 Å². The summed E-state index contributed by atoms with van der Waals surface area (Å²) in [6.07, 6.45) is 1.67. The van der Waals surface area contributed by atoms with Crippen LogP contribution in [0.1, 0.15) is 24.3 Å². The molecule has 0 radical (unpaired) electrons. The van der Waals surface area contributed by atoms with E-state index in [1.54, 1.807) is 23.9 Å². The predicted octanol–water partition coefficient (Wildman–Crippen LogP) is 3.22. The van der Waals surface area contributed by atoms with Crippen molar-refractivity contribution in [3.8, 4) is 5.75 Å². The zero-order valence-electron chi connectivity index (χ0n) is 12.6. The topological polar surface area (TPSA) is 99.3 Å². The summed E-state index contributed by atoms with van der Waals surface area (Å²) < 4.78 is 7.35. The fourth-order valence-electron chi connectivity index (χ4n) is 1.92. The van der Waals surface area contributed by atoms with Crippen molar-refractivity contribution in [2.75, 3.05) is 11.9 Å². The van der Waals surface area contributed by atoms with Gasteiger partial charge < -0.3 is 10.1 Å². The van der Waals surface area contributed by atoms with Gasteiger partial charge in [0.1, 0.15) is 11.4 Å². The third-order valence-corrected chi connectivity index (χ3v) is 3.56. The van der Waals surface area contributed by atoms with E-state index in [-0.39, 0.29) is 17.1 Å². The number of aryl methyl sites for hydroxylation is 1. The van der Waals surface area contributed by atoms with Gasteiger partial charge in [0.25, 0.3) is 11.6 Å². The van der Waals surface area contributed by atoms with Crippen molar-refractivity contribution in [3.05, 3.63) is 44.7 Å². The highest BCUT2D eigenvalue weighted by Crippen LogP contribution is 2.30. The highest BCUT2D eigenvalue weighted by molar-refractivity contribution is 9.10. The predicted molar refractivity (Wildman–Crippen MR) is 87.8 cm³/mol. The van der Waals surface area contributed by atoms with Crippen LogP contribution in [0, 0.1) is 10.1 Å². The van der Waals surface area contributed by atoms with Crippen LogP contribution in [0.25, 0.3) is 0 Å². The first-order valence-corrected chi connectivity index (χ1v) is 7.71. The number of carbonyl (C=O) groups is 1. The fourth-order valence-corrected chi connectivity index (χ4v) is 2.41. The van der Waals surface area contributed by atoms with Crippen molar-refractivity contribution >= 4 is 33.2 Å². The minimum Gasteiger partial charge on any atom is -0.494 e. The van der Waals surface area contributed by atoms with Gasteiger partial charge in [-0.3, -0.25) is 19.6 Å². The van der Waals surface area contributed by atoms with E-state index >= 15 is 0 Å². The Morgan fingerprint density at radius 3 is 2.78 bits per heavy atom. The van der Waals surface area contributed by atoms with Gasteiger partial charge >= 0.3 is 0 Å². The normalized spacial score (nSPS) is 10.4. The SMILES string of the molecule is CCOc1ccc(NC(=O)c2nn(CC)cc2Br)c([N+](=O)[O-])c1. The molecule has 0 saturated heterocycles. The summed E-state index contributed by atoms with van der Waals surface area (Å²) in [4.78, 5) is 22.9. The number of nitrogens with zero attached hydrogens (tertiary/aromatic N) is 3. The summed E-state index contributed by atoms with van der Waals surface area (Å²) in [5, 5.41) is 17.8. The van der Waals surface area contributed by atoms with Crippen LogP contribution in [0.2, 0.25) is 0 Å². The summed E-state index contributed by atoms with van der Waals surface area (Å²) in [6, 6.07) is 4.27.